The SMILES string of the molecule is CCCCC(=O)[C@@H]1[C@H]2CCC[C@H]2N(S(=O)(=O)c2ccc(C)cc2)[C@@H]1C(=O)OCC. The molecule has 4 atom stereocenters. The van der Waals surface area contributed by atoms with Gasteiger partial charge in [-0.05, 0) is 51.2 Å². The van der Waals surface area contributed by atoms with E-state index in [1.165, 1.54) is 4.31 Å². The third-order valence-corrected chi connectivity index (χ3v) is 8.13. The second kappa shape index (κ2) is 8.96. The molecule has 0 N–H and O–H groups in total. The molecule has 2 aliphatic rings. The normalized spacial score (nSPS) is 27.0. The van der Waals surface area contributed by atoms with Crippen molar-refractivity contribution < 1.29 is 22.7 Å². The third-order valence-electron chi connectivity index (χ3n) is 6.21. The van der Waals surface area contributed by atoms with Crippen LogP contribution >= 0.6 is 0 Å². The van der Waals surface area contributed by atoms with E-state index in [1.54, 1.807) is 31.2 Å². The van der Waals surface area contributed by atoms with E-state index >= 15 is 0 Å². The number of esters is 1. The van der Waals surface area contributed by atoms with E-state index in [0.29, 0.717) is 12.8 Å². The zero-order valence-electron chi connectivity index (χ0n) is 17.5. The number of fused-ring (bicyclic) bond motifs is 1. The van der Waals surface area contributed by atoms with Crippen LogP contribution in [0, 0.1) is 18.8 Å². The number of rotatable bonds is 8. The summed E-state index contributed by atoms with van der Waals surface area (Å²) in [5, 5.41) is 0. The van der Waals surface area contributed by atoms with Gasteiger partial charge >= 0.3 is 5.97 Å². The number of ketones is 1. The lowest BCUT2D eigenvalue weighted by molar-refractivity contribution is -0.150. The fraction of sp³-hybridized carbons (Fsp3) is 0.636. The van der Waals surface area contributed by atoms with Gasteiger partial charge in [-0.15, -0.1) is 0 Å². The summed E-state index contributed by atoms with van der Waals surface area (Å²) in [6, 6.07) is 5.25. The molecule has 0 radical (unpaired) electrons. The van der Waals surface area contributed by atoms with E-state index in [-0.39, 0.29) is 29.2 Å². The molecule has 1 aromatic carbocycles. The van der Waals surface area contributed by atoms with Crippen LogP contribution < -0.4 is 0 Å². The number of sulfonamides is 1. The van der Waals surface area contributed by atoms with Crippen molar-refractivity contribution >= 4 is 21.8 Å². The zero-order valence-corrected chi connectivity index (χ0v) is 18.3. The summed E-state index contributed by atoms with van der Waals surface area (Å²) >= 11 is 0. The highest BCUT2D eigenvalue weighted by molar-refractivity contribution is 7.89. The minimum atomic E-state index is -3.93. The summed E-state index contributed by atoms with van der Waals surface area (Å²) in [5.41, 5.74) is 0.957. The number of carbonyl (C=O) groups is 2. The van der Waals surface area contributed by atoms with Crippen LogP contribution in [-0.4, -0.2) is 43.2 Å². The molecule has 1 saturated heterocycles. The number of hydrogen-bond donors (Lipinski definition) is 0. The smallest absolute Gasteiger partial charge is 0.325 e. The predicted molar refractivity (Wildman–Crippen MR) is 110 cm³/mol. The number of carbonyl (C=O) groups excluding carboxylic acids is 2. The van der Waals surface area contributed by atoms with Gasteiger partial charge in [-0.3, -0.25) is 9.59 Å². The lowest BCUT2D eigenvalue weighted by Crippen LogP contribution is -2.48. The second-order valence-electron chi connectivity index (χ2n) is 8.10. The Bertz CT molecular complexity index is 848. The van der Waals surface area contributed by atoms with Crippen LogP contribution in [-0.2, 0) is 24.3 Å². The standard InChI is InChI=1S/C22H31NO5S/c1-4-6-10-19(24)20-17-8-7-9-18(17)23(21(20)22(25)28-5-2)29(26,27)16-13-11-15(3)12-14-16/h11-14,17-18,20-21H,4-10H2,1-3H3/t17-,18+,20-,21-/m0/s1. The maximum atomic E-state index is 13.6. The Kier molecular flexibility index (Phi) is 6.79. The number of unbranched alkanes of at least 4 members (excludes halogenated alkanes) is 1. The molecular formula is C22H31NO5S. The Morgan fingerprint density at radius 3 is 2.45 bits per heavy atom. The first-order valence-corrected chi connectivity index (χ1v) is 12.1. The molecule has 3 rings (SSSR count). The number of nitrogens with zero attached hydrogens (tertiary/aromatic N) is 1. The molecule has 0 amide bonds. The van der Waals surface area contributed by atoms with Crippen LogP contribution in [0.1, 0.15) is 57.9 Å². The van der Waals surface area contributed by atoms with Crippen LogP contribution in [0.25, 0.3) is 0 Å². The quantitative estimate of drug-likeness (QED) is 0.601. The average Bonchev–Trinajstić information content (AvgIpc) is 3.26. The first kappa shape index (κ1) is 22.0. The number of aryl methyl sites for hydroxylation is 1. The van der Waals surface area contributed by atoms with Gasteiger partial charge in [0.2, 0.25) is 10.0 Å². The Hall–Kier alpha value is -1.73. The largest absolute Gasteiger partial charge is 0.465 e. The van der Waals surface area contributed by atoms with Gasteiger partial charge in [0.05, 0.1) is 11.5 Å². The van der Waals surface area contributed by atoms with Gasteiger partial charge in [0, 0.05) is 18.4 Å². The summed E-state index contributed by atoms with van der Waals surface area (Å²) in [5.74, 6) is -1.35. The van der Waals surface area contributed by atoms with E-state index < -0.39 is 28.0 Å². The van der Waals surface area contributed by atoms with Gasteiger partial charge in [0.15, 0.2) is 0 Å². The average molecular weight is 422 g/mol. The number of hydrogen-bond acceptors (Lipinski definition) is 5. The van der Waals surface area contributed by atoms with Gasteiger partial charge < -0.3 is 4.74 Å². The lowest BCUT2D eigenvalue weighted by atomic mass is 9.83. The number of benzene rings is 1. The number of Topliss-reactive ketones (excluding diaryl/α,β-unsaturated/α-hetero) is 1. The minimum absolute atomic E-state index is 0.0107. The molecule has 7 heteroatoms. The van der Waals surface area contributed by atoms with Crippen molar-refractivity contribution in [3.63, 3.8) is 0 Å². The van der Waals surface area contributed by atoms with Crippen molar-refractivity contribution in [3.05, 3.63) is 29.8 Å². The highest BCUT2D eigenvalue weighted by atomic mass is 32.2. The zero-order chi connectivity index (χ0) is 21.2. The first-order valence-electron chi connectivity index (χ1n) is 10.6. The molecular weight excluding hydrogens is 390 g/mol. The highest BCUT2D eigenvalue weighted by Gasteiger charge is 2.60. The third kappa shape index (κ3) is 4.12. The van der Waals surface area contributed by atoms with Gasteiger partial charge in [0.25, 0.3) is 0 Å². The fourth-order valence-electron chi connectivity index (χ4n) is 4.87. The Morgan fingerprint density at radius 1 is 1.14 bits per heavy atom. The molecule has 0 spiro atoms. The van der Waals surface area contributed by atoms with Crippen molar-refractivity contribution in [2.45, 2.75) is 76.3 Å². The molecule has 1 aliphatic carbocycles. The molecule has 1 aliphatic heterocycles. The first-order chi connectivity index (χ1) is 13.8. The van der Waals surface area contributed by atoms with E-state index in [0.717, 1.165) is 31.2 Å². The molecule has 1 aromatic rings. The summed E-state index contributed by atoms with van der Waals surface area (Å²) in [6.07, 6.45) is 4.29. The van der Waals surface area contributed by atoms with Crippen molar-refractivity contribution in [2.24, 2.45) is 11.8 Å². The monoisotopic (exact) mass is 421 g/mol. The van der Waals surface area contributed by atoms with E-state index in [4.69, 9.17) is 4.74 Å². The van der Waals surface area contributed by atoms with Crippen molar-refractivity contribution in [1.82, 2.24) is 4.31 Å². The lowest BCUT2D eigenvalue weighted by Gasteiger charge is -2.28. The van der Waals surface area contributed by atoms with E-state index in [9.17, 15) is 18.0 Å². The summed E-state index contributed by atoms with van der Waals surface area (Å²) < 4.78 is 33.8. The maximum absolute atomic E-state index is 13.6. The van der Waals surface area contributed by atoms with Gasteiger partial charge in [-0.2, -0.15) is 4.31 Å². The van der Waals surface area contributed by atoms with Crippen LogP contribution in [0.2, 0.25) is 0 Å². The van der Waals surface area contributed by atoms with E-state index in [1.807, 2.05) is 13.8 Å². The van der Waals surface area contributed by atoms with Crippen LogP contribution in [0.5, 0.6) is 0 Å². The van der Waals surface area contributed by atoms with Crippen LogP contribution in [0.4, 0.5) is 0 Å². The van der Waals surface area contributed by atoms with Gasteiger partial charge in [-0.1, -0.05) is 37.5 Å². The molecule has 6 nitrogen and oxygen atoms in total. The van der Waals surface area contributed by atoms with Crippen LogP contribution in [0.3, 0.4) is 0 Å². The predicted octanol–water partition coefficient (Wildman–Crippen LogP) is 3.48. The van der Waals surface area contributed by atoms with Crippen molar-refractivity contribution in [1.29, 1.82) is 0 Å². The Balaban J connectivity index is 2.06. The molecule has 1 saturated carbocycles. The van der Waals surface area contributed by atoms with Crippen LogP contribution in [0.15, 0.2) is 29.2 Å². The topological polar surface area (TPSA) is 80.8 Å². The fourth-order valence-corrected chi connectivity index (χ4v) is 6.73. The second-order valence-corrected chi connectivity index (χ2v) is 9.95. The molecule has 0 aromatic heterocycles. The van der Waals surface area contributed by atoms with Crippen molar-refractivity contribution in [3.8, 4) is 0 Å². The van der Waals surface area contributed by atoms with Gasteiger partial charge in [0.1, 0.15) is 11.8 Å². The molecule has 2 fully saturated rings. The molecule has 29 heavy (non-hydrogen) atoms. The van der Waals surface area contributed by atoms with Crippen molar-refractivity contribution in [2.75, 3.05) is 6.61 Å². The Morgan fingerprint density at radius 2 is 1.83 bits per heavy atom. The molecule has 1 heterocycles. The molecule has 0 unspecified atom stereocenters. The summed E-state index contributed by atoms with van der Waals surface area (Å²) in [6.45, 7) is 5.75. The Labute approximate surface area is 173 Å². The maximum Gasteiger partial charge on any atom is 0.325 e. The van der Waals surface area contributed by atoms with E-state index in [2.05, 4.69) is 0 Å². The minimum Gasteiger partial charge on any atom is -0.465 e. The molecule has 0 bridgehead atoms. The molecule has 160 valence electrons. The number of ether oxygens (including phenoxy) is 1. The summed E-state index contributed by atoms with van der Waals surface area (Å²) in [4.78, 5) is 26.2. The van der Waals surface area contributed by atoms with Gasteiger partial charge in [-0.25, -0.2) is 8.42 Å². The highest BCUT2D eigenvalue weighted by Crippen LogP contribution is 2.48. The summed E-state index contributed by atoms with van der Waals surface area (Å²) in [7, 11) is -3.93.